The third-order valence-corrected chi connectivity index (χ3v) is 3.62. The lowest BCUT2D eigenvalue weighted by Gasteiger charge is -2.10. The van der Waals surface area contributed by atoms with Gasteiger partial charge in [0.05, 0.1) is 0 Å². The minimum Gasteiger partial charge on any atom is -0.480 e. The predicted octanol–water partition coefficient (Wildman–Crippen LogP) is 3.26. The van der Waals surface area contributed by atoms with Gasteiger partial charge in [0.1, 0.15) is 12.1 Å². The van der Waals surface area contributed by atoms with Crippen LogP contribution in [0.15, 0.2) is 57.7 Å². The van der Waals surface area contributed by atoms with Crippen molar-refractivity contribution in [3.05, 3.63) is 64.5 Å². The molecule has 0 atom stereocenters. The van der Waals surface area contributed by atoms with E-state index in [2.05, 4.69) is 5.32 Å². The molecule has 5 heteroatoms. The van der Waals surface area contributed by atoms with Gasteiger partial charge in [0.15, 0.2) is 0 Å². The number of carboxylic acid groups (broad SMARTS) is 1. The van der Waals surface area contributed by atoms with Crippen LogP contribution in [-0.4, -0.2) is 17.6 Å². The first-order valence-corrected chi connectivity index (χ1v) is 7.14. The van der Waals surface area contributed by atoms with Crippen molar-refractivity contribution < 1.29 is 14.3 Å². The van der Waals surface area contributed by atoms with Crippen LogP contribution in [0.1, 0.15) is 5.56 Å². The summed E-state index contributed by atoms with van der Waals surface area (Å²) in [7, 11) is 0. The Balaban J connectivity index is 2.15. The average molecular weight is 309 g/mol. The Morgan fingerprint density at radius 2 is 1.91 bits per heavy atom. The largest absolute Gasteiger partial charge is 0.480 e. The highest BCUT2D eigenvalue weighted by molar-refractivity contribution is 5.95. The minimum absolute atomic E-state index is 0.201. The van der Waals surface area contributed by atoms with Crippen LogP contribution < -0.4 is 10.9 Å². The molecule has 0 aliphatic carbocycles. The molecule has 0 fully saturated rings. The van der Waals surface area contributed by atoms with E-state index in [0.29, 0.717) is 11.3 Å². The van der Waals surface area contributed by atoms with Gasteiger partial charge in [0.2, 0.25) is 0 Å². The molecule has 0 saturated heterocycles. The highest BCUT2D eigenvalue weighted by Gasteiger charge is 2.10. The van der Waals surface area contributed by atoms with Crippen molar-refractivity contribution in [2.75, 3.05) is 11.9 Å². The van der Waals surface area contributed by atoms with Gasteiger partial charge in [-0.05, 0) is 30.2 Å². The molecule has 116 valence electrons. The summed E-state index contributed by atoms with van der Waals surface area (Å²) in [5.74, 6) is -0.958. The van der Waals surface area contributed by atoms with Gasteiger partial charge in [-0.25, -0.2) is 4.79 Å². The fourth-order valence-electron chi connectivity index (χ4n) is 2.55. The Hall–Kier alpha value is -3.08. The number of aryl methyl sites for hydroxylation is 1. The van der Waals surface area contributed by atoms with E-state index in [0.717, 1.165) is 22.1 Å². The van der Waals surface area contributed by atoms with E-state index in [1.807, 2.05) is 37.3 Å². The second kappa shape index (κ2) is 5.96. The molecule has 0 saturated carbocycles. The number of fused-ring (bicyclic) bond motifs is 1. The number of carbonyl (C=O) groups is 1. The Kier molecular flexibility index (Phi) is 3.85. The van der Waals surface area contributed by atoms with E-state index < -0.39 is 11.6 Å². The van der Waals surface area contributed by atoms with Crippen LogP contribution in [0.25, 0.3) is 22.1 Å². The summed E-state index contributed by atoms with van der Waals surface area (Å²) >= 11 is 0. The molecule has 0 aliphatic heterocycles. The van der Waals surface area contributed by atoms with Crippen LogP contribution in [0.3, 0.4) is 0 Å². The Morgan fingerprint density at radius 1 is 1.13 bits per heavy atom. The Morgan fingerprint density at radius 3 is 2.65 bits per heavy atom. The normalized spacial score (nSPS) is 10.7. The standard InChI is InChI=1S/C18H15NO4/c1-11-4-2-3-5-13(11)15-9-18(22)23-16-8-12(6-7-14(15)16)19-10-17(20)21/h2-9,19H,10H2,1H3,(H,20,21). The molecule has 2 N–H and O–H groups in total. The summed E-state index contributed by atoms with van der Waals surface area (Å²) in [6.07, 6.45) is 0. The van der Waals surface area contributed by atoms with Gasteiger partial charge < -0.3 is 14.8 Å². The smallest absolute Gasteiger partial charge is 0.336 e. The van der Waals surface area contributed by atoms with Crippen molar-refractivity contribution in [1.82, 2.24) is 0 Å². The molecule has 0 spiro atoms. The van der Waals surface area contributed by atoms with E-state index in [1.165, 1.54) is 6.07 Å². The van der Waals surface area contributed by atoms with Gasteiger partial charge in [0.25, 0.3) is 0 Å². The number of aliphatic carboxylic acids is 1. The van der Waals surface area contributed by atoms with Crippen LogP contribution in [-0.2, 0) is 4.79 Å². The zero-order valence-electron chi connectivity index (χ0n) is 12.5. The maximum atomic E-state index is 11.9. The first-order valence-electron chi connectivity index (χ1n) is 7.14. The van der Waals surface area contributed by atoms with E-state index in [1.54, 1.807) is 12.1 Å². The van der Waals surface area contributed by atoms with Gasteiger partial charge >= 0.3 is 11.6 Å². The van der Waals surface area contributed by atoms with Crippen LogP contribution in [0.4, 0.5) is 5.69 Å². The number of carboxylic acids is 1. The third kappa shape index (κ3) is 3.08. The van der Waals surface area contributed by atoms with Gasteiger partial charge in [-0.1, -0.05) is 24.3 Å². The summed E-state index contributed by atoms with van der Waals surface area (Å²) < 4.78 is 5.27. The summed E-state index contributed by atoms with van der Waals surface area (Å²) in [4.78, 5) is 22.5. The first-order chi connectivity index (χ1) is 11.0. The molecule has 0 amide bonds. The number of benzene rings is 2. The van der Waals surface area contributed by atoms with Crippen molar-refractivity contribution in [1.29, 1.82) is 0 Å². The fourth-order valence-corrected chi connectivity index (χ4v) is 2.55. The SMILES string of the molecule is Cc1ccccc1-c1cc(=O)oc2cc(NCC(=O)O)ccc12. The molecule has 0 bridgehead atoms. The number of anilines is 1. The highest BCUT2D eigenvalue weighted by Crippen LogP contribution is 2.30. The first kappa shape index (κ1) is 14.8. The Bertz CT molecular complexity index is 943. The summed E-state index contributed by atoms with van der Waals surface area (Å²) in [5.41, 5.74) is 3.41. The average Bonchev–Trinajstić information content (AvgIpc) is 2.52. The lowest BCUT2D eigenvalue weighted by atomic mass is 9.98. The van der Waals surface area contributed by atoms with E-state index in [9.17, 15) is 9.59 Å². The van der Waals surface area contributed by atoms with Crippen LogP contribution in [0.5, 0.6) is 0 Å². The maximum Gasteiger partial charge on any atom is 0.336 e. The summed E-state index contributed by atoms with van der Waals surface area (Å²) in [5, 5.41) is 12.3. The molecule has 1 heterocycles. The molecule has 1 aromatic heterocycles. The third-order valence-electron chi connectivity index (χ3n) is 3.62. The topological polar surface area (TPSA) is 79.5 Å². The number of nitrogens with one attached hydrogen (secondary N) is 1. The van der Waals surface area contributed by atoms with Crippen LogP contribution >= 0.6 is 0 Å². The van der Waals surface area contributed by atoms with Gasteiger partial charge in [-0.3, -0.25) is 4.79 Å². The fraction of sp³-hybridized carbons (Fsp3) is 0.111. The van der Waals surface area contributed by atoms with Crippen LogP contribution in [0.2, 0.25) is 0 Å². The van der Waals surface area contributed by atoms with Crippen molar-refractivity contribution >= 4 is 22.6 Å². The molecule has 23 heavy (non-hydrogen) atoms. The number of hydrogen-bond donors (Lipinski definition) is 2. The quantitative estimate of drug-likeness (QED) is 0.723. The second-order valence-corrected chi connectivity index (χ2v) is 5.25. The van der Waals surface area contributed by atoms with E-state index >= 15 is 0 Å². The number of hydrogen-bond acceptors (Lipinski definition) is 4. The second-order valence-electron chi connectivity index (χ2n) is 5.25. The minimum atomic E-state index is -0.958. The van der Waals surface area contributed by atoms with Gasteiger partial charge in [0, 0.05) is 28.8 Å². The lowest BCUT2D eigenvalue weighted by Crippen LogP contribution is -2.12. The van der Waals surface area contributed by atoms with Gasteiger partial charge in [-0.2, -0.15) is 0 Å². The summed E-state index contributed by atoms with van der Waals surface area (Å²) in [6.45, 7) is 1.78. The molecular weight excluding hydrogens is 294 g/mol. The molecular formula is C18H15NO4. The zero-order chi connectivity index (χ0) is 16.4. The van der Waals surface area contributed by atoms with Crippen molar-refractivity contribution in [2.45, 2.75) is 6.92 Å². The molecule has 5 nitrogen and oxygen atoms in total. The lowest BCUT2D eigenvalue weighted by molar-refractivity contribution is -0.134. The highest BCUT2D eigenvalue weighted by atomic mass is 16.4. The van der Waals surface area contributed by atoms with Crippen LogP contribution in [0, 0.1) is 6.92 Å². The molecule has 3 rings (SSSR count). The van der Waals surface area contributed by atoms with Crippen molar-refractivity contribution in [3.8, 4) is 11.1 Å². The molecule has 0 aliphatic rings. The summed E-state index contributed by atoms with van der Waals surface area (Å²) in [6, 6.07) is 14.5. The Labute approximate surface area is 132 Å². The van der Waals surface area contributed by atoms with Gasteiger partial charge in [-0.15, -0.1) is 0 Å². The zero-order valence-corrected chi connectivity index (χ0v) is 12.5. The van der Waals surface area contributed by atoms with Crippen molar-refractivity contribution in [2.24, 2.45) is 0 Å². The van der Waals surface area contributed by atoms with E-state index in [-0.39, 0.29) is 6.54 Å². The molecule has 2 aromatic carbocycles. The van der Waals surface area contributed by atoms with Crippen molar-refractivity contribution in [3.63, 3.8) is 0 Å². The molecule has 0 unspecified atom stereocenters. The predicted molar refractivity (Wildman–Crippen MR) is 88.8 cm³/mol. The maximum absolute atomic E-state index is 11.9. The molecule has 3 aromatic rings. The number of rotatable bonds is 4. The monoisotopic (exact) mass is 309 g/mol. The van der Waals surface area contributed by atoms with E-state index in [4.69, 9.17) is 9.52 Å². The molecule has 0 radical (unpaired) electrons.